The highest BCUT2D eigenvalue weighted by Crippen LogP contribution is 2.43. The number of methoxy groups -OCH3 is 3. The van der Waals surface area contributed by atoms with Crippen molar-refractivity contribution in [3.8, 4) is 23.0 Å². The van der Waals surface area contributed by atoms with Gasteiger partial charge < -0.3 is 23.7 Å². The smallest absolute Gasteiger partial charge is 0.204 e. The average Bonchev–Trinajstić information content (AvgIpc) is 2.77. The highest BCUT2D eigenvalue weighted by molar-refractivity contribution is 5.99. The fourth-order valence-corrected chi connectivity index (χ4v) is 4.10. The van der Waals surface area contributed by atoms with Crippen LogP contribution in [0.4, 0.5) is 0 Å². The van der Waals surface area contributed by atoms with Gasteiger partial charge in [0.05, 0.1) is 26.7 Å². The molecule has 0 atom stereocenters. The number of hydrogen-bond donors (Lipinski definition) is 1. The summed E-state index contributed by atoms with van der Waals surface area (Å²) in [6.45, 7) is 9.77. The van der Waals surface area contributed by atoms with Gasteiger partial charge in [-0.1, -0.05) is 23.3 Å². The Morgan fingerprint density at radius 3 is 2.00 bits per heavy atom. The minimum atomic E-state index is -0.314. The van der Waals surface area contributed by atoms with E-state index >= 15 is 0 Å². The molecule has 0 aliphatic carbocycles. The maximum absolute atomic E-state index is 13.9. The molecule has 1 N–H and O–H groups in total. The lowest BCUT2D eigenvalue weighted by atomic mass is 9.96. The molecular weight excluding hydrogens is 420 g/mol. The zero-order chi connectivity index (χ0) is 24.4. The fourth-order valence-electron chi connectivity index (χ4n) is 4.10. The Kier molecular flexibility index (Phi) is 7.06. The van der Waals surface area contributed by atoms with E-state index in [1.807, 2.05) is 46.8 Å². The molecule has 3 aromatic rings. The van der Waals surface area contributed by atoms with Crippen LogP contribution in [0.15, 0.2) is 38.6 Å². The van der Waals surface area contributed by atoms with Gasteiger partial charge in [-0.05, 0) is 47.5 Å². The van der Waals surface area contributed by atoms with E-state index in [1.165, 1.54) is 0 Å². The molecule has 0 radical (unpaired) electrons. The molecule has 0 unspecified atom stereocenters. The molecule has 1 heterocycles. The van der Waals surface area contributed by atoms with Crippen LogP contribution in [0, 0.1) is 6.92 Å². The third-order valence-corrected chi connectivity index (χ3v) is 5.74. The van der Waals surface area contributed by atoms with Crippen molar-refractivity contribution in [2.75, 3.05) is 21.3 Å². The maximum atomic E-state index is 13.9. The van der Waals surface area contributed by atoms with Crippen molar-refractivity contribution in [3.63, 3.8) is 0 Å². The Labute approximate surface area is 194 Å². The summed E-state index contributed by atoms with van der Waals surface area (Å²) in [6.07, 6.45) is 4.89. The van der Waals surface area contributed by atoms with Crippen molar-refractivity contribution in [1.29, 1.82) is 0 Å². The van der Waals surface area contributed by atoms with Crippen LogP contribution in [0.2, 0.25) is 0 Å². The summed E-state index contributed by atoms with van der Waals surface area (Å²) in [4.78, 5) is 13.9. The second-order valence-electron chi connectivity index (χ2n) is 8.56. The van der Waals surface area contributed by atoms with E-state index in [0.29, 0.717) is 63.3 Å². The van der Waals surface area contributed by atoms with E-state index in [1.54, 1.807) is 27.4 Å². The number of hydrogen-bond acceptors (Lipinski definition) is 6. The number of fused-ring (bicyclic) bond motifs is 2. The number of ether oxygens (including phenoxy) is 3. The molecule has 0 amide bonds. The van der Waals surface area contributed by atoms with Crippen LogP contribution in [0.1, 0.15) is 44.4 Å². The van der Waals surface area contributed by atoms with Gasteiger partial charge in [0, 0.05) is 22.8 Å². The highest BCUT2D eigenvalue weighted by atomic mass is 16.5. The normalized spacial score (nSPS) is 10.9. The van der Waals surface area contributed by atoms with E-state index < -0.39 is 0 Å². The van der Waals surface area contributed by atoms with Crippen molar-refractivity contribution >= 4 is 21.9 Å². The minimum absolute atomic E-state index is 0.122. The Morgan fingerprint density at radius 1 is 0.909 bits per heavy atom. The fraction of sp³-hybridized carbons (Fsp3) is 0.370. The standard InChI is InChI=1S/C27H32O6/c1-14(2)9-11-17-21-19(13-20(30-6)27(17)32-8)33-26-16(5)25(31-7)18(12-10-15(3)4)23(28)22(26)24(21)29/h9-10,13,28H,11-12H2,1-8H3. The first-order valence-electron chi connectivity index (χ1n) is 10.9. The lowest BCUT2D eigenvalue weighted by molar-refractivity contribution is 0.352. The van der Waals surface area contributed by atoms with Crippen LogP contribution < -0.4 is 19.6 Å². The second kappa shape index (κ2) is 9.61. The Hall–Kier alpha value is -3.41. The average molecular weight is 453 g/mol. The molecule has 6 nitrogen and oxygen atoms in total. The van der Waals surface area contributed by atoms with Gasteiger partial charge in [-0.25, -0.2) is 0 Å². The summed E-state index contributed by atoms with van der Waals surface area (Å²) >= 11 is 0. The SMILES string of the molecule is COc1cc2oc3c(C)c(OC)c(CC=C(C)C)c(O)c3c(=O)c2c(CC=C(C)C)c1OC. The number of allylic oxidation sites excluding steroid dienone is 4. The van der Waals surface area contributed by atoms with Crippen LogP contribution in [0.3, 0.4) is 0 Å². The Balaban J connectivity index is 2.55. The third-order valence-electron chi connectivity index (χ3n) is 5.74. The molecule has 6 heteroatoms. The van der Waals surface area contributed by atoms with Crippen LogP contribution >= 0.6 is 0 Å². The maximum Gasteiger partial charge on any atom is 0.204 e. The van der Waals surface area contributed by atoms with Crippen molar-refractivity contribution in [2.24, 2.45) is 0 Å². The van der Waals surface area contributed by atoms with Crippen LogP contribution in [-0.2, 0) is 12.8 Å². The summed E-state index contributed by atoms with van der Waals surface area (Å²) in [5.41, 5.74) is 4.41. The zero-order valence-electron chi connectivity index (χ0n) is 20.6. The lowest BCUT2D eigenvalue weighted by Crippen LogP contribution is -2.10. The molecule has 33 heavy (non-hydrogen) atoms. The Morgan fingerprint density at radius 2 is 1.48 bits per heavy atom. The first-order chi connectivity index (χ1) is 15.7. The van der Waals surface area contributed by atoms with Gasteiger partial charge in [0.15, 0.2) is 11.5 Å². The number of rotatable bonds is 7. The first-order valence-corrected chi connectivity index (χ1v) is 10.9. The largest absolute Gasteiger partial charge is 0.507 e. The van der Waals surface area contributed by atoms with Gasteiger partial charge in [-0.2, -0.15) is 0 Å². The topological polar surface area (TPSA) is 78.1 Å². The summed E-state index contributed by atoms with van der Waals surface area (Å²) in [5, 5.41) is 11.7. The van der Waals surface area contributed by atoms with Gasteiger partial charge in [-0.3, -0.25) is 4.79 Å². The number of phenols is 1. The monoisotopic (exact) mass is 452 g/mol. The lowest BCUT2D eigenvalue weighted by Gasteiger charge is -2.18. The van der Waals surface area contributed by atoms with Gasteiger partial charge in [0.1, 0.15) is 28.1 Å². The van der Waals surface area contributed by atoms with Crippen molar-refractivity contribution in [3.05, 3.63) is 56.3 Å². The van der Waals surface area contributed by atoms with E-state index in [0.717, 1.165) is 11.1 Å². The molecule has 176 valence electrons. The molecular formula is C27H32O6. The predicted molar refractivity (Wildman–Crippen MR) is 132 cm³/mol. The molecule has 0 spiro atoms. The molecule has 0 aliphatic heterocycles. The molecule has 0 fully saturated rings. The number of phenolic OH excluding ortho intramolecular Hbond substituents is 1. The highest BCUT2D eigenvalue weighted by Gasteiger charge is 2.25. The predicted octanol–water partition coefficient (Wildman–Crippen LogP) is 6.00. The van der Waals surface area contributed by atoms with Gasteiger partial charge in [-0.15, -0.1) is 0 Å². The first kappa shape index (κ1) is 24.2. The van der Waals surface area contributed by atoms with Gasteiger partial charge in [0.2, 0.25) is 5.43 Å². The number of aromatic hydroxyl groups is 1. The van der Waals surface area contributed by atoms with E-state index in [4.69, 9.17) is 18.6 Å². The Bertz CT molecular complexity index is 1330. The van der Waals surface area contributed by atoms with Crippen LogP contribution in [-0.4, -0.2) is 26.4 Å². The van der Waals surface area contributed by atoms with Gasteiger partial charge in [0.25, 0.3) is 0 Å². The van der Waals surface area contributed by atoms with E-state index in [-0.39, 0.29) is 16.6 Å². The van der Waals surface area contributed by atoms with Gasteiger partial charge >= 0.3 is 0 Å². The molecule has 0 bridgehead atoms. The summed E-state index contributed by atoms with van der Waals surface area (Å²) in [6, 6.07) is 1.65. The zero-order valence-corrected chi connectivity index (χ0v) is 20.6. The van der Waals surface area contributed by atoms with Crippen LogP contribution in [0.25, 0.3) is 21.9 Å². The number of benzene rings is 2. The second-order valence-corrected chi connectivity index (χ2v) is 8.56. The van der Waals surface area contributed by atoms with Crippen molar-refractivity contribution < 1.29 is 23.7 Å². The molecule has 2 aromatic carbocycles. The summed E-state index contributed by atoms with van der Waals surface area (Å²) < 4.78 is 23.0. The van der Waals surface area contributed by atoms with E-state index in [9.17, 15) is 9.90 Å². The third kappa shape index (κ3) is 4.30. The van der Waals surface area contributed by atoms with E-state index in [2.05, 4.69) is 0 Å². The molecule has 1 aromatic heterocycles. The minimum Gasteiger partial charge on any atom is -0.507 e. The van der Waals surface area contributed by atoms with Crippen molar-refractivity contribution in [1.82, 2.24) is 0 Å². The van der Waals surface area contributed by atoms with Crippen LogP contribution in [0.5, 0.6) is 23.0 Å². The number of aryl methyl sites for hydroxylation is 1. The molecule has 0 aliphatic rings. The molecule has 0 saturated heterocycles. The summed E-state index contributed by atoms with van der Waals surface area (Å²) in [5.74, 6) is 1.33. The summed E-state index contributed by atoms with van der Waals surface area (Å²) in [7, 11) is 4.63. The van der Waals surface area contributed by atoms with Crippen molar-refractivity contribution in [2.45, 2.75) is 47.5 Å². The quantitative estimate of drug-likeness (QED) is 0.350. The molecule has 0 saturated carbocycles. The molecule has 3 rings (SSSR count).